The zero-order valence-corrected chi connectivity index (χ0v) is 12.2. The summed E-state index contributed by atoms with van der Waals surface area (Å²) >= 11 is 0. The summed E-state index contributed by atoms with van der Waals surface area (Å²) in [4.78, 5) is 2.32. The highest BCUT2D eigenvalue weighted by Crippen LogP contribution is 2.18. The van der Waals surface area contributed by atoms with Gasteiger partial charge in [0.2, 0.25) is 0 Å². The van der Waals surface area contributed by atoms with E-state index in [1.165, 1.54) is 12.8 Å². The Morgan fingerprint density at radius 2 is 2.14 bits per heavy atom. The summed E-state index contributed by atoms with van der Waals surface area (Å²) in [6.45, 7) is 2.15. The van der Waals surface area contributed by atoms with Gasteiger partial charge in [0, 0.05) is 12.1 Å². The molecule has 1 aromatic carbocycles. The number of rotatable bonds is 6. The molecule has 0 N–H and O–H groups in total. The van der Waals surface area contributed by atoms with Crippen molar-refractivity contribution in [3.63, 3.8) is 0 Å². The average molecular weight is 288 g/mol. The topological polar surface area (TPSA) is 47.7 Å². The molecule has 0 aliphatic carbocycles. The van der Waals surface area contributed by atoms with Crippen LogP contribution < -0.4 is 9.47 Å². The number of ether oxygens (including phenoxy) is 2. The zero-order chi connectivity index (χ0) is 14.5. The van der Waals surface area contributed by atoms with Gasteiger partial charge in [-0.25, -0.2) is 0 Å². The van der Waals surface area contributed by atoms with Gasteiger partial charge in [0.05, 0.1) is 0 Å². The van der Waals surface area contributed by atoms with E-state index in [1.807, 2.05) is 30.3 Å². The number of nitrogens with zero attached hydrogens (tertiary/aromatic N) is 2. The Morgan fingerprint density at radius 3 is 2.90 bits per heavy atom. The predicted octanol–water partition coefficient (Wildman–Crippen LogP) is 2.73. The van der Waals surface area contributed by atoms with Crippen molar-refractivity contribution in [1.29, 1.82) is 0 Å². The number of aromatic nitrogens is 1. The number of hydrogen-bond acceptors (Lipinski definition) is 5. The van der Waals surface area contributed by atoms with Gasteiger partial charge in [-0.15, -0.1) is 0 Å². The molecule has 112 valence electrons. The van der Waals surface area contributed by atoms with Gasteiger partial charge in [0.1, 0.15) is 19.0 Å². The van der Waals surface area contributed by atoms with Crippen LogP contribution in [0.1, 0.15) is 18.6 Å². The molecule has 1 aliphatic rings. The summed E-state index contributed by atoms with van der Waals surface area (Å²) < 4.78 is 16.5. The van der Waals surface area contributed by atoms with Crippen LogP contribution in [-0.2, 0) is 6.61 Å². The fourth-order valence-electron chi connectivity index (χ4n) is 2.47. The smallest absolute Gasteiger partial charge is 0.254 e. The molecule has 0 unspecified atom stereocenters. The molecule has 5 heteroatoms. The highest BCUT2D eigenvalue weighted by molar-refractivity contribution is 5.21. The summed E-state index contributed by atoms with van der Waals surface area (Å²) in [5.41, 5.74) is 0. The Morgan fingerprint density at radius 1 is 1.29 bits per heavy atom. The molecule has 0 saturated carbocycles. The maximum atomic E-state index is 5.69. The molecule has 3 rings (SSSR count). The summed E-state index contributed by atoms with van der Waals surface area (Å²) in [6, 6.07) is 11.9. The van der Waals surface area contributed by atoms with Gasteiger partial charge in [0.15, 0.2) is 5.76 Å². The Bertz CT molecular complexity index is 556. The van der Waals surface area contributed by atoms with Crippen LogP contribution in [0.5, 0.6) is 11.6 Å². The zero-order valence-electron chi connectivity index (χ0n) is 12.2. The molecular weight excluding hydrogens is 268 g/mol. The molecule has 21 heavy (non-hydrogen) atoms. The van der Waals surface area contributed by atoms with Gasteiger partial charge in [-0.3, -0.25) is 0 Å². The fourth-order valence-corrected chi connectivity index (χ4v) is 2.47. The highest BCUT2D eigenvalue weighted by atomic mass is 16.5. The third-order valence-corrected chi connectivity index (χ3v) is 3.76. The number of likely N-dealkylation sites (N-methyl/N-ethyl adjacent to an activating group) is 1. The van der Waals surface area contributed by atoms with Crippen molar-refractivity contribution in [3.05, 3.63) is 42.2 Å². The summed E-state index contributed by atoms with van der Waals surface area (Å²) in [6.07, 6.45) is 2.41. The molecule has 0 bridgehead atoms. The van der Waals surface area contributed by atoms with Crippen molar-refractivity contribution < 1.29 is 14.0 Å². The van der Waals surface area contributed by atoms with Crippen LogP contribution in [0.15, 0.2) is 40.9 Å². The first-order valence-corrected chi connectivity index (χ1v) is 7.28. The molecule has 1 fully saturated rings. The first-order valence-electron chi connectivity index (χ1n) is 7.28. The van der Waals surface area contributed by atoms with Crippen molar-refractivity contribution in [1.82, 2.24) is 10.1 Å². The van der Waals surface area contributed by atoms with E-state index in [9.17, 15) is 0 Å². The van der Waals surface area contributed by atoms with Gasteiger partial charge in [-0.1, -0.05) is 18.2 Å². The van der Waals surface area contributed by atoms with E-state index in [1.54, 1.807) is 6.07 Å². The van der Waals surface area contributed by atoms with Gasteiger partial charge >= 0.3 is 0 Å². The van der Waals surface area contributed by atoms with Gasteiger partial charge in [-0.2, -0.15) is 0 Å². The van der Waals surface area contributed by atoms with Crippen LogP contribution >= 0.6 is 0 Å². The van der Waals surface area contributed by atoms with E-state index in [0.717, 1.165) is 12.3 Å². The summed E-state index contributed by atoms with van der Waals surface area (Å²) in [5.74, 6) is 2.00. The number of hydrogen-bond donors (Lipinski definition) is 0. The van der Waals surface area contributed by atoms with Crippen LogP contribution in [-0.4, -0.2) is 36.3 Å². The molecule has 2 aromatic rings. The van der Waals surface area contributed by atoms with E-state index in [0.29, 0.717) is 30.9 Å². The van der Waals surface area contributed by atoms with E-state index in [-0.39, 0.29) is 0 Å². The second-order valence-electron chi connectivity index (χ2n) is 5.32. The number of benzene rings is 1. The summed E-state index contributed by atoms with van der Waals surface area (Å²) in [7, 11) is 2.13. The molecule has 1 aliphatic heterocycles. The molecule has 0 spiro atoms. The number of para-hydroxylation sites is 1. The van der Waals surface area contributed by atoms with Crippen LogP contribution in [0.4, 0.5) is 0 Å². The lowest BCUT2D eigenvalue weighted by Crippen LogP contribution is -2.30. The van der Waals surface area contributed by atoms with Crippen LogP contribution in [0.25, 0.3) is 0 Å². The Labute approximate surface area is 124 Å². The lowest BCUT2D eigenvalue weighted by atomic mass is 10.2. The largest absolute Gasteiger partial charge is 0.486 e. The molecule has 0 amide bonds. The highest BCUT2D eigenvalue weighted by Gasteiger charge is 2.21. The second-order valence-corrected chi connectivity index (χ2v) is 5.32. The van der Waals surface area contributed by atoms with Crippen molar-refractivity contribution in [2.24, 2.45) is 0 Å². The molecule has 0 radical (unpaired) electrons. The second kappa shape index (κ2) is 6.63. The van der Waals surface area contributed by atoms with Crippen LogP contribution in [0, 0.1) is 0 Å². The van der Waals surface area contributed by atoms with Crippen LogP contribution in [0.2, 0.25) is 0 Å². The van der Waals surface area contributed by atoms with E-state index >= 15 is 0 Å². The monoisotopic (exact) mass is 288 g/mol. The SMILES string of the molecule is CN1CCC[C@@H]1COc1cc(COc2ccccc2)on1. The molecule has 2 heterocycles. The van der Waals surface area contributed by atoms with Gasteiger partial charge in [0.25, 0.3) is 5.88 Å². The Hall–Kier alpha value is -2.01. The molecular formula is C16H20N2O3. The number of likely N-dealkylation sites (tertiary alicyclic amines) is 1. The van der Waals surface area contributed by atoms with E-state index < -0.39 is 0 Å². The lowest BCUT2D eigenvalue weighted by molar-refractivity contribution is 0.184. The van der Waals surface area contributed by atoms with Gasteiger partial charge < -0.3 is 18.9 Å². The third kappa shape index (κ3) is 3.76. The lowest BCUT2D eigenvalue weighted by Gasteiger charge is -2.18. The molecule has 1 aromatic heterocycles. The van der Waals surface area contributed by atoms with Crippen molar-refractivity contribution >= 4 is 0 Å². The van der Waals surface area contributed by atoms with Gasteiger partial charge in [-0.05, 0) is 43.7 Å². The first kappa shape index (κ1) is 13.9. The third-order valence-electron chi connectivity index (χ3n) is 3.76. The quantitative estimate of drug-likeness (QED) is 0.818. The first-order chi connectivity index (χ1) is 10.3. The minimum atomic E-state index is 0.351. The predicted molar refractivity (Wildman–Crippen MR) is 78.4 cm³/mol. The average Bonchev–Trinajstić information content (AvgIpc) is 3.13. The molecule has 1 atom stereocenters. The standard InChI is InChI=1S/C16H20N2O3/c1-18-9-5-6-13(18)11-20-16-10-15(21-17-16)12-19-14-7-3-2-4-8-14/h2-4,7-8,10,13H,5-6,9,11-12H2,1H3/t13-/m1/s1. The maximum Gasteiger partial charge on any atom is 0.254 e. The minimum Gasteiger partial charge on any atom is -0.486 e. The minimum absolute atomic E-state index is 0.351. The molecule has 1 saturated heterocycles. The maximum absolute atomic E-state index is 5.69. The van der Waals surface area contributed by atoms with Crippen molar-refractivity contribution in [3.8, 4) is 11.6 Å². The Kier molecular flexibility index (Phi) is 4.40. The fraction of sp³-hybridized carbons (Fsp3) is 0.438. The molecule has 5 nitrogen and oxygen atoms in total. The van der Waals surface area contributed by atoms with E-state index in [4.69, 9.17) is 14.0 Å². The van der Waals surface area contributed by atoms with Crippen LogP contribution in [0.3, 0.4) is 0 Å². The van der Waals surface area contributed by atoms with Crippen molar-refractivity contribution in [2.75, 3.05) is 20.2 Å². The Balaban J connectivity index is 1.47. The van der Waals surface area contributed by atoms with Crippen molar-refractivity contribution in [2.45, 2.75) is 25.5 Å². The summed E-state index contributed by atoms with van der Waals surface area (Å²) in [5, 5.41) is 3.92. The normalized spacial score (nSPS) is 18.8. The van der Waals surface area contributed by atoms with E-state index in [2.05, 4.69) is 17.1 Å².